The summed E-state index contributed by atoms with van der Waals surface area (Å²) in [6.07, 6.45) is 0.997. The number of nitrogens with zero attached hydrogens (tertiary/aromatic N) is 2. The highest BCUT2D eigenvalue weighted by atomic mass is 32.2. The van der Waals surface area contributed by atoms with Crippen LogP contribution in [-0.4, -0.2) is 49.7 Å². The first-order valence-corrected chi connectivity index (χ1v) is 10.3. The average molecular weight is 372 g/mol. The van der Waals surface area contributed by atoms with Gasteiger partial charge in [-0.05, 0) is 30.5 Å². The maximum atomic E-state index is 13.0. The highest BCUT2D eigenvalue weighted by molar-refractivity contribution is 7.89. The van der Waals surface area contributed by atoms with Crippen molar-refractivity contribution in [2.24, 2.45) is 0 Å². The molecule has 138 valence electrons. The Morgan fingerprint density at radius 2 is 1.62 bits per heavy atom. The van der Waals surface area contributed by atoms with Crippen LogP contribution in [-0.2, 0) is 21.2 Å². The minimum atomic E-state index is -3.53. The van der Waals surface area contributed by atoms with Crippen LogP contribution in [0.25, 0.3) is 0 Å². The number of amides is 1. The highest BCUT2D eigenvalue weighted by Crippen LogP contribution is 2.21. The Bertz CT molecular complexity index is 866. The van der Waals surface area contributed by atoms with E-state index in [1.54, 1.807) is 30.0 Å². The quantitative estimate of drug-likeness (QED) is 0.828. The van der Waals surface area contributed by atoms with Gasteiger partial charge in [-0.25, -0.2) is 8.42 Å². The molecule has 6 heteroatoms. The summed E-state index contributed by atoms with van der Waals surface area (Å²) in [6, 6.07) is 16.7. The van der Waals surface area contributed by atoms with Gasteiger partial charge in [-0.1, -0.05) is 48.5 Å². The first-order chi connectivity index (χ1) is 12.5. The lowest BCUT2D eigenvalue weighted by molar-refractivity contribution is -0.130. The number of rotatable bonds is 4. The molecular weight excluding hydrogens is 348 g/mol. The lowest BCUT2D eigenvalue weighted by Gasteiger charge is -2.22. The van der Waals surface area contributed by atoms with E-state index in [-0.39, 0.29) is 5.91 Å². The third kappa shape index (κ3) is 4.14. The van der Waals surface area contributed by atoms with Gasteiger partial charge < -0.3 is 4.90 Å². The van der Waals surface area contributed by atoms with Crippen LogP contribution in [0.15, 0.2) is 59.5 Å². The summed E-state index contributed by atoms with van der Waals surface area (Å²) < 4.78 is 27.4. The smallest absolute Gasteiger partial charge is 0.243 e. The summed E-state index contributed by atoms with van der Waals surface area (Å²) in [5.41, 5.74) is 1.72. The van der Waals surface area contributed by atoms with E-state index in [1.165, 1.54) is 4.31 Å². The van der Waals surface area contributed by atoms with Crippen LogP contribution < -0.4 is 0 Å². The zero-order valence-electron chi connectivity index (χ0n) is 15.0. The van der Waals surface area contributed by atoms with Gasteiger partial charge >= 0.3 is 0 Å². The Kier molecular flexibility index (Phi) is 5.74. The number of carbonyl (C=O) groups excluding carboxylic acids is 1. The van der Waals surface area contributed by atoms with Crippen molar-refractivity contribution in [2.75, 3.05) is 26.2 Å². The fourth-order valence-electron chi connectivity index (χ4n) is 3.25. The maximum absolute atomic E-state index is 13.0. The molecule has 0 N–H and O–H groups in total. The minimum absolute atomic E-state index is 0.0475. The topological polar surface area (TPSA) is 57.7 Å². The second-order valence-electron chi connectivity index (χ2n) is 6.57. The molecule has 5 nitrogen and oxygen atoms in total. The lowest BCUT2D eigenvalue weighted by atomic mass is 10.1. The third-order valence-electron chi connectivity index (χ3n) is 4.72. The molecule has 26 heavy (non-hydrogen) atoms. The van der Waals surface area contributed by atoms with Crippen molar-refractivity contribution in [2.45, 2.75) is 24.7 Å². The van der Waals surface area contributed by atoms with E-state index in [4.69, 9.17) is 0 Å². The normalized spacial score (nSPS) is 16.3. The fraction of sp³-hybridized carbons (Fsp3) is 0.350. The molecule has 3 rings (SSSR count). The molecule has 0 bridgehead atoms. The number of hydrogen-bond acceptors (Lipinski definition) is 3. The largest absolute Gasteiger partial charge is 0.341 e. The van der Waals surface area contributed by atoms with E-state index >= 15 is 0 Å². The van der Waals surface area contributed by atoms with Crippen LogP contribution in [0.4, 0.5) is 0 Å². The van der Waals surface area contributed by atoms with E-state index < -0.39 is 10.0 Å². The molecule has 0 spiro atoms. The van der Waals surface area contributed by atoms with Crippen molar-refractivity contribution in [3.8, 4) is 0 Å². The monoisotopic (exact) mass is 372 g/mol. The van der Waals surface area contributed by atoms with Gasteiger partial charge in [0.25, 0.3) is 0 Å². The van der Waals surface area contributed by atoms with E-state index in [0.29, 0.717) is 43.9 Å². The van der Waals surface area contributed by atoms with Crippen molar-refractivity contribution in [1.29, 1.82) is 0 Å². The summed E-state index contributed by atoms with van der Waals surface area (Å²) in [5.74, 6) is 0.0475. The van der Waals surface area contributed by atoms with Gasteiger partial charge in [0.2, 0.25) is 15.9 Å². The Balaban J connectivity index is 1.68. The van der Waals surface area contributed by atoms with E-state index in [9.17, 15) is 13.2 Å². The Morgan fingerprint density at radius 3 is 2.35 bits per heavy atom. The molecule has 1 saturated heterocycles. The van der Waals surface area contributed by atoms with Crippen molar-refractivity contribution >= 4 is 15.9 Å². The van der Waals surface area contributed by atoms with Crippen molar-refractivity contribution in [1.82, 2.24) is 9.21 Å². The van der Waals surface area contributed by atoms with Gasteiger partial charge in [-0.3, -0.25) is 4.79 Å². The second-order valence-corrected chi connectivity index (χ2v) is 8.47. The van der Waals surface area contributed by atoms with Gasteiger partial charge in [0.15, 0.2) is 0 Å². The first kappa shape index (κ1) is 18.6. The van der Waals surface area contributed by atoms with Crippen LogP contribution in [0.3, 0.4) is 0 Å². The minimum Gasteiger partial charge on any atom is -0.341 e. The highest BCUT2D eigenvalue weighted by Gasteiger charge is 2.29. The number of benzene rings is 2. The van der Waals surface area contributed by atoms with Gasteiger partial charge in [-0.2, -0.15) is 4.31 Å². The first-order valence-electron chi connectivity index (χ1n) is 8.86. The molecule has 1 heterocycles. The van der Waals surface area contributed by atoms with E-state index in [0.717, 1.165) is 11.1 Å². The standard InChI is InChI=1S/C20H24N2O3S/c1-17-8-5-6-11-19(17)26(24,25)22-13-7-12-21(14-15-22)20(23)16-18-9-3-2-4-10-18/h2-6,8-11H,7,12-16H2,1H3. The molecular formula is C20H24N2O3S. The molecule has 0 radical (unpaired) electrons. The van der Waals surface area contributed by atoms with Crippen molar-refractivity contribution in [3.05, 3.63) is 65.7 Å². The molecule has 0 aliphatic carbocycles. The van der Waals surface area contributed by atoms with Crippen LogP contribution in [0, 0.1) is 6.92 Å². The van der Waals surface area contributed by atoms with Crippen LogP contribution >= 0.6 is 0 Å². The fourth-order valence-corrected chi connectivity index (χ4v) is 4.95. The van der Waals surface area contributed by atoms with Gasteiger partial charge in [0.1, 0.15) is 0 Å². The Morgan fingerprint density at radius 1 is 0.923 bits per heavy atom. The summed E-state index contributed by atoms with van der Waals surface area (Å²) in [4.78, 5) is 14.7. The number of hydrogen-bond donors (Lipinski definition) is 0. The molecule has 1 fully saturated rings. The SMILES string of the molecule is Cc1ccccc1S(=O)(=O)N1CCCN(C(=O)Cc2ccccc2)CC1. The summed E-state index contributed by atoms with van der Waals surface area (Å²) in [5, 5.41) is 0. The summed E-state index contributed by atoms with van der Waals surface area (Å²) in [6.45, 7) is 3.59. The van der Waals surface area contributed by atoms with Gasteiger partial charge in [0, 0.05) is 26.2 Å². The predicted octanol–water partition coefficient (Wildman–Crippen LogP) is 2.46. The summed E-state index contributed by atoms with van der Waals surface area (Å²) in [7, 11) is -3.53. The second kappa shape index (κ2) is 8.01. The summed E-state index contributed by atoms with van der Waals surface area (Å²) >= 11 is 0. The van der Waals surface area contributed by atoms with E-state index in [2.05, 4.69) is 0 Å². The van der Waals surface area contributed by atoms with Crippen LogP contribution in [0.5, 0.6) is 0 Å². The molecule has 0 unspecified atom stereocenters. The molecule has 0 aromatic heterocycles. The maximum Gasteiger partial charge on any atom is 0.243 e. The Labute approximate surface area is 155 Å². The average Bonchev–Trinajstić information content (AvgIpc) is 2.89. The third-order valence-corrected chi connectivity index (χ3v) is 6.78. The molecule has 0 saturated carbocycles. The lowest BCUT2D eigenvalue weighted by Crippen LogP contribution is -2.38. The van der Waals surface area contributed by atoms with Gasteiger partial charge in [-0.15, -0.1) is 0 Å². The molecule has 1 aliphatic rings. The molecule has 2 aromatic rings. The zero-order chi connectivity index (χ0) is 18.6. The van der Waals surface area contributed by atoms with Gasteiger partial charge in [0.05, 0.1) is 11.3 Å². The van der Waals surface area contributed by atoms with Crippen LogP contribution in [0.2, 0.25) is 0 Å². The number of aryl methyl sites for hydroxylation is 1. The molecule has 0 atom stereocenters. The van der Waals surface area contributed by atoms with Crippen molar-refractivity contribution in [3.63, 3.8) is 0 Å². The molecule has 1 amide bonds. The zero-order valence-corrected chi connectivity index (χ0v) is 15.8. The number of carbonyl (C=O) groups is 1. The molecule has 1 aliphatic heterocycles. The van der Waals surface area contributed by atoms with Crippen molar-refractivity contribution < 1.29 is 13.2 Å². The van der Waals surface area contributed by atoms with E-state index in [1.807, 2.05) is 36.4 Å². The number of sulfonamides is 1. The molecule has 2 aromatic carbocycles. The predicted molar refractivity (Wildman–Crippen MR) is 101 cm³/mol. The van der Waals surface area contributed by atoms with Crippen LogP contribution in [0.1, 0.15) is 17.5 Å². The Hall–Kier alpha value is -2.18.